The molecule has 0 heterocycles. The van der Waals surface area contributed by atoms with Gasteiger partial charge in [0.05, 0.1) is 12.0 Å². The molecule has 132 valence electrons. The van der Waals surface area contributed by atoms with Gasteiger partial charge in [-0.3, -0.25) is 4.79 Å². The van der Waals surface area contributed by atoms with Gasteiger partial charge in [-0.2, -0.15) is 0 Å². The summed E-state index contributed by atoms with van der Waals surface area (Å²) in [6.07, 6.45) is 0. The maximum absolute atomic E-state index is 12.5. The fourth-order valence-electron chi connectivity index (χ4n) is 2.47. The van der Waals surface area contributed by atoms with Crippen molar-refractivity contribution in [2.75, 3.05) is 13.6 Å². The average molecular weight is 361 g/mol. The van der Waals surface area contributed by atoms with Crippen molar-refractivity contribution in [3.63, 3.8) is 0 Å². The van der Waals surface area contributed by atoms with E-state index in [0.29, 0.717) is 5.02 Å². The van der Waals surface area contributed by atoms with Crippen LogP contribution in [0.15, 0.2) is 54.6 Å². The fraction of sp³-hybridized carbons (Fsp3) is 0.263. The van der Waals surface area contributed by atoms with Gasteiger partial charge >= 0.3 is 12.0 Å². The molecule has 0 saturated carbocycles. The van der Waals surface area contributed by atoms with E-state index in [4.69, 9.17) is 16.7 Å². The van der Waals surface area contributed by atoms with Gasteiger partial charge in [-0.25, -0.2) is 4.79 Å². The highest BCUT2D eigenvalue weighted by atomic mass is 35.5. The quantitative estimate of drug-likeness (QED) is 0.823. The Hall–Kier alpha value is -2.53. The monoisotopic (exact) mass is 360 g/mol. The number of benzene rings is 2. The number of amides is 2. The summed E-state index contributed by atoms with van der Waals surface area (Å²) in [6.45, 7) is 1.70. The Balaban J connectivity index is 2.20. The van der Waals surface area contributed by atoms with Crippen LogP contribution in [-0.2, 0) is 4.79 Å². The van der Waals surface area contributed by atoms with Crippen molar-refractivity contribution in [2.45, 2.75) is 13.0 Å². The molecular weight excluding hydrogens is 340 g/mol. The molecule has 0 aliphatic carbocycles. The number of carboxylic acids is 1. The number of rotatable bonds is 6. The Bertz CT molecular complexity index is 719. The zero-order valence-corrected chi connectivity index (χ0v) is 14.9. The molecule has 2 amide bonds. The Labute approximate surface area is 152 Å². The molecule has 2 N–H and O–H groups in total. The van der Waals surface area contributed by atoms with Crippen LogP contribution in [0.1, 0.15) is 24.1 Å². The smallest absolute Gasteiger partial charge is 0.317 e. The highest BCUT2D eigenvalue weighted by Crippen LogP contribution is 2.23. The largest absolute Gasteiger partial charge is 0.481 e. The number of aliphatic carboxylic acids is 1. The van der Waals surface area contributed by atoms with Gasteiger partial charge < -0.3 is 15.3 Å². The van der Waals surface area contributed by atoms with Crippen LogP contribution in [0, 0.1) is 5.92 Å². The summed E-state index contributed by atoms with van der Waals surface area (Å²) in [4.78, 5) is 24.9. The van der Waals surface area contributed by atoms with Gasteiger partial charge in [0.15, 0.2) is 0 Å². The molecule has 2 aromatic rings. The fourth-order valence-corrected chi connectivity index (χ4v) is 2.59. The van der Waals surface area contributed by atoms with Crippen molar-refractivity contribution in [2.24, 2.45) is 5.92 Å². The third-order valence-corrected chi connectivity index (χ3v) is 4.17. The molecule has 0 fully saturated rings. The number of halogens is 1. The maximum Gasteiger partial charge on any atom is 0.317 e. The van der Waals surface area contributed by atoms with Crippen LogP contribution in [-0.4, -0.2) is 35.6 Å². The van der Waals surface area contributed by atoms with E-state index >= 15 is 0 Å². The third-order valence-electron chi connectivity index (χ3n) is 3.92. The van der Waals surface area contributed by atoms with Crippen LogP contribution in [0.2, 0.25) is 5.02 Å². The van der Waals surface area contributed by atoms with Crippen molar-refractivity contribution < 1.29 is 14.7 Å². The lowest BCUT2D eigenvalue weighted by atomic mass is 9.99. The number of carbonyl (C=O) groups excluding carboxylic acids is 1. The SMILES string of the molecule is CC(CN(C)C(=O)NC(c1ccccc1)c1ccc(Cl)cc1)C(=O)O. The van der Waals surface area contributed by atoms with Crippen molar-refractivity contribution in [1.29, 1.82) is 0 Å². The van der Waals surface area contributed by atoms with Crippen molar-refractivity contribution in [1.82, 2.24) is 10.2 Å². The molecule has 0 spiro atoms. The molecule has 0 bridgehead atoms. The van der Waals surface area contributed by atoms with Gasteiger partial charge in [0.25, 0.3) is 0 Å². The van der Waals surface area contributed by atoms with Crippen LogP contribution in [0.25, 0.3) is 0 Å². The molecule has 0 radical (unpaired) electrons. The standard InChI is InChI=1S/C19H21ClN2O3/c1-13(18(23)24)12-22(2)19(25)21-17(14-6-4-3-5-7-14)15-8-10-16(20)11-9-15/h3-11,13,17H,12H2,1-2H3,(H,21,25)(H,23,24). The van der Waals surface area contributed by atoms with E-state index < -0.39 is 11.9 Å². The zero-order valence-electron chi connectivity index (χ0n) is 14.1. The van der Waals surface area contributed by atoms with Gasteiger partial charge in [-0.05, 0) is 23.3 Å². The summed E-state index contributed by atoms with van der Waals surface area (Å²) in [6, 6.07) is 16.2. The molecule has 25 heavy (non-hydrogen) atoms. The van der Waals surface area contributed by atoms with Crippen molar-refractivity contribution in [3.05, 3.63) is 70.7 Å². The summed E-state index contributed by atoms with van der Waals surface area (Å²) in [7, 11) is 1.58. The minimum absolute atomic E-state index is 0.128. The summed E-state index contributed by atoms with van der Waals surface area (Å²) in [5.74, 6) is -1.57. The number of carbonyl (C=O) groups is 2. The third kappa shape index (κ3) is 5.22. The van der Waals surface area contributed by atoms with Crippen molar-refractivity contribution >= 4 is 23.6 Å². The first-order valence-electron chi connectivity index (χ1n) is 7.93. The van der Waals surface area contributed by atoms with E-state index in [0.717, 1.165) is 11.1 Å². The van der Waals surface area contributed by atoms with Crippen LogP contribution >= 0.6 is 11.6 Å². The molecular formula is C19H21ClN2O3. The first kappa shape index (κ1) is 18.8. The second-order valence-corrected chi connectivity index (χ2v) is 6.40. The molecule has 0 saturated heterocycles. The van der Waals surface area contributed by atoms with Crippen LogP contribution in [0.3, 0.4) is 0 Å². The predicted molar refractivity (Wildman–Crippen MR) is 97.7 cm³/mol. The van der Waals surface area contributed by atoms with E-state index in [1.165, 1.54) is 4.90 Å². The van der Waals surface area contributed by atoms with E-state index in [-0.39, 0.29) is 18.6 Å². The van der Waals surface area contributed by atoms with Crippen molar-refractivity contribution in [3.8, 4) is 0 Å². The number of carboxylic acid groups (broad SMARTS) is 1. The Morgan fingerprint density at radius 1 is 1.08 bits per heavy atom. The van der Waals surface area contributed by atoms with Crippen LogP contribution in [0.4, 0.5) is 4.79 Å². The van der Waals surface area contributed by atoms with Crippen LogP contribution < -0.4 is 5.32 Å². The molecule has 5 nitrogen and oxygen atoms in total. The molecule has 0 aromatic heterocycles. The number of urea groups is 1. The number of nitrogens with one attached hydrogen (secondary N) is 1. The predicted octanol–water partition coefficient (Wildman–Crippen LogP) is 3.79. The number of nitrogens with zero attached hydrogens (tertiary/aromatic N) is 1. The van der Waals surface area contributed by atoms with Gasteiger partial charge in [-0.15, -0.1) is 0 Å². The van der Waals surface area contributed by atoms with E-state index in [1.807, 2.05) is 42.5 Å². The summed E-state index contributed by atoms with van der Waals surface area (Å²) in [5.41, 5.74) is 1.82. The molecule has 2 aromatic carbocycles. The second-order valence-electron chi connectivity index (χ2n) is 5.96. The second kappa shape index (κ2) is 8.53. The normalized spacial score (nSPS) is 12.9. The van der Waals surface area contributed by atoms with Gasteiger partial charge in [0, 0.05) is 18.6 Å². The lowest BCUT2D eigenvalue weighted by Crippen LogP contribution is -2.42. The first-order valence-corrected chi connectivity index (χ1v) is 8.31. The summed E-state index contributed by atoms with van der Waals surface area (Å²) >= 11 is 5.95. The van der Waals surface area contributed by atoms with Gasteiger partial charge in [-0.1, -0.05) is 61.0 Å². The topological polar surface area (TPSA) is 69.6 Å². The average Bonchev–Trinajstić information content (AvgIpc) is 2.61. The zero-order chi connectivity index (χ0) is 18.4. The Morgan fingerprint density at radius 2 is 1.64 bits per heavy atom. The lowest BCUT2D eigenvalue weighted by molar-refractivity contribution is -0.141. The van der Waals surface area contributed by atoms with E-state index in [9.17, 15) is 9.59 Å². The Morgan fingerprint density at radius 3 is 2.20 bits per heavy atom. The summed E-state index contributed by atoms with van der Waals surface area (Å²) in [5, 5.41) is 12.6. The van der Waals surface area contributed by atoms with E-state index in [2.05, 4.69) is 5.32 Å². The first-order chi connectivity index (χ1) is 11.9. The minimum Gasteiger partial charge on any atom is -0.481 e. The maximum atomic E-state index is 12.5. The molecule has 2 rings (SSSR count). The highest BCUT2D eigenvalue weighted by molar-refractivity contribution is 6.30. The minimum atomic E-state index is -0.933. The Kier molecular flexibility index (Phi) is 6.42. The number of hydrogen-bond acceptors (Lipinski definition) is 2. The number of hydrogen-bond donors (Lipinski definition) is 2. The van der Waals surface area contributed by atoms with Gasteiger partial charge in [0.1, 0.15) is 0 Å². The summed E-state index contributed by atoms with van der Waals surface area (Å²) < 4.78 is 0. The lowest BCUT2D eigenvalue weighted by Gasteiger charge is -2.25. The highest BCUT2D eigenvalue weighted by Gasteiger charge is 2.21. The molecule has 0 aliphatic rings. The molecule has 2 unspecified atom stereocenters. The molecule has 0 aliphatic heterocycles. The van der Waals surface area contributed by atoms with E-state index in [1.54, 1.807) is 26.1 Å². The molecule has 2 atom stereocenters. The van der Waals surface area contributed by atoms with Gasteiger partial charge in [0.2, 0.25) is 0 Å². The van der Waals surface area contributed by atoms with Crippen LogP contribution in [0.5, 0.6) is 0 Å². The molecule has 6 heteroatoms.